The van der Waals surface area contributed by atoms with Crippen molar-refractivity contribution in [2.24, 2.45) is 0 Å². The number of amides is 1. The van der Waals surface area contributed by atoms with Gasteiger partial charge in [0.2, 0.25) is 5.91 Å². The summed E-state index contributed by atoms with van der Waals surface area (Å²) in [6.45, 7) is 0.235. The van der Waals surface area contributed by atoms with E-state index in [0.29, 0.717) is 0 Å². The second-order valence-corrected chi connectivity index (χ2v) is 1.87. The van der Waals surface area contributed by atoms with Crippen molar-refractivity contribution in [3.05, 3.63) is 12.2 Å². The van der Waals surface area contributed by atoms with Crippen molar-refractivity contribution in [2.75, 3.05) is 6.54 Å². The van der Waals surface area contributed by atoms with Crippen LogP contribution in [0.2, 0.25) is 0 Å². The zero-order valence-electron chi connectivity index (χ0n) is 6.28. The molecule has 0 aromatic heterocycles. The lowest BCUT2D eigenvalue weighted by molar-refractivity contribution is -0.131. The molecule has 12 heavy (non-hydrogen) atoms. The fraction of sp³-hybridized carbons (Fsp3) is 0.286. The molecule has 2 N–H and O–H groups in total. The Kier molecular flexibility index (Phi) is 5.02. The van der Waals surface area contributed by atoms with Crippen molar-refractivity contribution in [1.82, 2.24) is 5.32 Å². The van der Waals surface area contributed by atoms with Gasteiger partial charge in [-0.2, -0.15) is 5.26 Å². The Hall–Kier alpha value is -1.83. The first-order valence-electron chi connectivity index (χ1n) is 3.22. The van der Waals surface area contributed by atoms with E-state index in [1.807, 2.05) is 6.07 Å². The third-order valence-corrected chi connectivity index (χ3v) is 0.913. The molecule has 0 bridgehead atoms. The van der Waals surface area contributed by atoms with Crippen LogP contribution in [0.15, 0.2) is 12.2 Å². The highest BCUT2D eigenvalue weighted by molar-refractivity contribution is 5.93. The molecule has 0 heterocycles. The lowest BCUT2D eigenvalue weighted by Gasteiger charge is -1.94. The zero-order chi connectivity index (χ0) is 9.40. The molecular formula is C7H8N2O3. The van der Waals surface area contributed by atoms with E-state index in [0.717, 1.165) is 12.2 Å². The van der Waals surface area contributed by atoms with Crippen LogP contribution in [0.1, 0.15) is 6.42 Å². The van der Waals surface area contributed by atoms with E-state index in [4.69, 9.17) is 10.4 Å². The molecule has 0 atom stereocenters. The number of hydrogen-bond acceptors (Lipinski definition) is 3. The second-order valence-electron chi connectivity index (χ2n) is 1.87. The molecule has 1 amide bonds. The quantitative estimate of drug-likeness (QED) is 0.443. The standard InChI is InChI=1S/C7H8N2O3/c8-4-1-5-9-6(10)2-3-7(11)12/h2-3H,1,5H2,(H,9,10)(H,11,12). The van der Waals surface area contributed by atoms with Gasteiger partial charge in [0.25, 0.3) is 0 Å². The minimum atomic E-state index is -1.18. The summed E-state index contributed by atoms with van der Waals surface area (Å²) in [5.41, 5.74) is 0. The molecule has 64 valence electrons. The Balaban J connectivity index is 3.61. The Labute approximate surface area is 69.3 Å². The number of nitriles is 1. The summed E-state index contributed by atoms with van der Waals surface area (Å²) in [5, 5.41) is 18.5. The molecule has 0 fully saturated rings. The first-order valence-corrected chi connectivity index (χ1v) is 3.22. The molecule has 0 aromatic rings. The van der Waals surface area contributed by atoms with Gasteiger partial charge in [0.05, 0.1) is 12.5 Å². The molecule has 0 saturated heterocycles. The van der Waals surface area contributed by atoms with Crippen LogP contribution in [0.5, 0.6) is 0 Å². The van der Waals surface area contributed by atoms with Gasteiger partial charge in [0.1, 0.15) is 0 Å². The third kappa shape index (κ3) is 6.29. The number of carboxylic acid groups (broad SMARTS) is 1. The molecule has 0 aliphatic heterocycles. The first-order chi connectivity index (χ1) is 5.66. The molecule has 0 spiro atoms. The molecule has 0 unspecified atom stereocenters. The maximum atomic E-state index is 10.7. The van der Waals surface area contributed by atoms with Crippen molar-refractivity contribution in [1.29, 1.82) is 5.26 Å². The second kappa shape index (κ2) is 5.92. The van der Waals surface area contributed by atoms with Crippen molar-refractivity contribution in [3.8, 4) is 6.07 Å². The lowest BCUT2D eigenvalue weighted by atomic mass is 10.4. The van der Waals surface area contributed by atoms with E-state index < -0.39 is 11.9 Å². The molecule has 0 aliphatic carbocycles. The summed E-state index contributed by atoms with van der Waals surface area (Å²) >= 11 is 0. The molecule has 0 aliphatic rings. The molecule has 5 heteroatoms. The van der Waals surface area contributed by atoms with Gasteiger partial charge in [0.15, 0.2) is 0 Å². The van der Waals surface area contributed by atoms with Crippen molar-refractivity contribution >= 4 is 11.9 Å². The van der Waals surface area contributed by atoms with Gasteiger partial charge in [-0.05, 0) is 0 Å². The summed E-state index contributed by atoms with van der Waals surface area (Å²) in [7, 11) is 0. The summed E-state index contributed by atoms with van der Waals surface area (Å²) in [6, 6.07) is 1.83. The Morgan fingerprint density at radius 3 is 2.67 bits per heavy atom. The number of carbonyl (C=O) groups is 2. The maximum Gasteiger partial charge on any atom is 0.328 e. The molecule has 0 radical (unpaired) electrons. The Morgan fingerprint density at radius 1 is 1.50 bits per heavy atom. The van der Waals surface area contributed by atoms with E-state index in [9.17, 15) is 9.59 Å². The number of nitrogens with zero attached hydrogens (tertiary/aromatic N) is 1. The topological polar surface area (TPSA) is 90.2 Å². The minimum absolute atomic E-state index is 0.215. The van der Waals surface area contributed by atoms with Gasteiger partial charge < -0.3 is 10.4 Å². The molecule has 5 nitrogen and oxygen atoms in total. The Bertz CT molecular complexity index is 240. The predicted molar refractivity (Wildman–Crippen MR) is 40.0 cm³/mol. The highest BCUT2D eigenvalue weighted by Gasteiger charge is 1.94. The van der Waals surface area contributed by atoms with Crippen molar-refractivity contribution in [3.63, 3.8) is 0 Å². The normalized spacial score (nSPS) is 9.25. The van der Waals surface area contributed by atoms with Crippen LogP contribution < -0.4 is 5.32 Å². The van der Waals surface area contributed by atoms with Gasteiger partial charge >= 0.3 is 5.97 Å². The van der Waals surface area contributed by atoms with Gasteiger partial charge in [-0.1, -0.05) is 0 Å². The van der Waals surface area contributed by atoms with Crippen LogP contribution >= 0.6 is 0 Å². The van der Waals surface area contributed by atoms with Gasteiger partial charge in [-0.25, -0.2) is 4.79 Å². The summed E-state index contributed by atoms with van der Waals surface area (Å²) < 4.78 is 0. The fourth-order valence-electron chi connectivity index (χ4n) is 0.448. The average Bonchev–Trinajstić information content (AvgIpc) is 2.01. The van der Waals surface area contributed by atoms with E-state index in [2.05, 4.69) is 5.32 Å². The van der Waals surface area contributed by atoms with E-state index in [1.165, 1.54) is 0 Å². The SMILES string of the molecule is N#CCCNC(=O)C=CC(=O)O. The molecular weight excluding hydrogens is 160 g/mol. The fourth-order valence-corrected chi connectivity index (χ4v) is 0.448. The maximum absolute atomic E-state index is 10.7. The van der Waals surface area contributed by atoms with Crippen LogP contribution in [-0.2, 0) is 9.59 Å². The summed E-state index contributed by atoms with van der Waals surface area (Å²) in [6.07, 6.45) is 1.86. The number of aliphatic carboxylic acids is 1. The summed E-state index contributed by atoms with van der Waals surface area (Å²) in [4.78, 5) is 20.6. The van der Waals surface area contributed by atoms with E-state index >= 15 is 0 Å². The van der Waals surface area contributed by atoms with Gasteiger partial charge in [0, 0.05) is 18.7 Å². The first kappa shape index (κ1) is 10.2. The number of hydrogen-bond donors (Lipinski definition) is 2. The lowest BCUT2D eigenvalue weighted by Crippen LogP contribution is -2.21. The largest absolute Gasteiger partial charge is 0.478 e. The van der Waals surface area contributed by atoms with Crippen LogP contribution in [0, 0.1) is 11.3 Å². The monoisotopic (exact) mass is 168 g/mol. The number of rotatable bonds is 4. The third-order valence-electron chi connectivity index (χ3n) is 0.913. The smallest absolute Gasteiger partial charge is 0.328 e. The van der Waals surface area contributed by atoms with Crippen molar-refractivity contribution in [2.45, 2.75) is 6.42 Å². The number of carboxylic acids is 1. The number of carbonyl (C=O) groups excluding carboxylic acids is 1. The van der Waals surface area contributed by atoms with Crippen molar-refractivity contribution < 1.29 is 14.7 Å². The van der Waals surface area contributed by atoms with Crippen LogP contribution in [0.3, 0.4) is 0 Å². The van der Waals surface area contributed by atoms with Crippen LogP contribution in [0.4, 0.5) is 0 Å². The predicted octanol–water partition coefficient (Wildman–Crippen LogP) is -0.343. The molecule has 0 saturated carbocycles. The van der Waals surface area contributed by atoms with Crippen LogP contribution in [0.25, 0.3) is 0 Å². The van der Waals surface area contributed by atoms with Crippen LogP contribution in [-0.4, -0.2) is 23.5 Å². The van der Waals surface area contributed by atoms with Gasteiger partial charge in [-0.3, -0.25) is 4.79 Å². The average molecular weight is 168 g/mol. The minimum Gasteiger partial charge on any atom is -0.478 e. The van der Waals surface area contributed by atoms with E-state index in [-0.39, 0.29) is 13.0 Å². The zero-order valence-corrected chi connectivity index (χ0v) is 6.28. The molecule has 0 aromatic carbocycles. The highest BCUT2D eigenvalue weighted by atomic mass is 16.4. The van der Waals surface area contributed by atoms with Gasteiger partial charge in [-0.15, -0.1) is 0 Å². The number of nitrogens with one attached hydrogen (secondary N) is 1. The Morgan fingerprint density at radius 2 is 2.17 bits per heavy atom. The summed E-state index contributed by atoms with van der Waals surface area (Å²) in [5.74, 6) is -1.68. The van der Waals surface area contributed by atoms with E-state index in [1.54, 1.807) is 0 Å². The highest BCUT2D eigenvalue weighted by Crippen LogP contribution is 1.76. The molecule has 0 rings (SSSR count).